The Hall–Kier alpha value is -0.0400. The van der Waals surface area contributed by atoms with Crippen molar-refractivity contribution in [1.29, 1.82) is 0 Å². The van der Waals surface area contributed by atoms with Gasteiger partial charge in [-0.1, -0.05) is 0 Å². The second-order valence-electron chi connectivity index (χ2n) is 3.62. The fourth-order valence-corrected chi connectivity index (χ4v) is 2.35. The molecule has 0 aromatic heterocycles. The highest BCUT2D eigenvalue weighted by atomic mass is 15.2. The third kappa shape index (κ3) is 0.968. The van der Waals surface area contributed by atoms with Crippen LogP contribution in [0.3, 0.4) is 0 Å². The predicted octanol–water partition coefficient (Wildman–Crippen LogP) is 2.19. The molecule has 2 rings (SSSR count). The molecule has 0 N–H and O–H groups in total. The zero-order valence-corrected chi connectivity index (χ0v) is 6.77. The van der Waals surface area contributed by atoms with Gasteiger partial charge < -0.3 is 0 Å². The van der Waals surface area contributed by atoms with Crippen molar-refractivity contribution in [2.75, 3.05) is 7.05 Å². The summed E-state index contributed by atoms with van der Waals surface area (Å²) in [5, 5.41) is 0. The highest BCUT2D eigenvalue weighted by molar-refractivity contribution is 4.99. The first-order valence-corrected chi connectivity index (χ1v) is 4.45. The molecule has 1 radical (unpaired) electrons. The van der Waals surface area contributed by atoms with Crippen molar-refractivity contribution in [3.63, 3.8) is 0 Å². The molecule has 57 valence electrons. The van der Waals surface area contributed by atoms with E-state index in [2.05, 4.69) is 11.9 Å². The van der Waals surface area contributed by atoms with Crippen LogP contribution in [-0.2, 0) is 0 Å². The highest BCUT2D eigenvalue weighted by Gasteiger charge is 2.30. The third-order valence-corrected chi connectivity index (χ3v) is 3.05. The van der Waals surface area contributed by atoms with E-state index < -0.39 is 0 Å². The van der Waals surface area contributed by atoms with Crippen molar-refractivity contribution < 1.29 is 0 Å². The van der Waals surface area contributed by atoms with Crippen LogP contribution in [0.5, 0.6) is 0 Å². The van der Waals surface area contributed by atoms with Crippen LogP contribution >= 0.6 is 0 Å². The van der Waals surface area contributed by atoms with Gasteiger partial charge in [0.05, 0.1) is 0 Å². The standard InChI is InChI=1S/C9H16N/c1-10-8-4-2-5-9(10)7-3-6-8/h8H,2-7H2,1H3. The smallest absolute Gasteiger partial charge is 0.0393 e. The van der Waals surface area contributed by atoms with E-state index in [1.165, 1.54) is 38.5 Å². The average Bonchev–Trinajstić information content (AvgIpc) is 1.86. The SMILES string of the molecule is CN1[C]2CCCC1CCC2. The molecule has 2 aliphatic rings. The van der Waals surface area contributed by atoms with Crippen LogP contribution in [-0.4, -0.2) is 18.0 Å². The molecule has 0 aromatic carbocycles. The highest BCUT2D eigenvalue weighted by Crippen LogP contribution is 2.36. The number of nitrogens with zero attached hydrogens (tertiary/aromatic N) is 1. The number of fused-ring (bicyclic) bond motifs is 2. The van der Waals surface area contributed by atoms with Crippen molar-refractivity contribution in [2.24, 2.45) is 0 Å². The van der Waals surface area contributed by atoms with Crippen LogP contribution in [0.1, 0.15) is 38.5 Å². The maximum Gasteiger partial charge on any atom is 0.0393 e. The van der Waals surface area contributed by atoms with Crippen LogP contribution in [0.4, 0.5) is 0 Å². The summed E-state index contributed by atoms with van der Waals surface area (Å²) in [6, 6.07) is 2.64. The molecule has 0 amide bonds. The minimum atomic E-state index is 0.914. The predicted molar refractivity (Wildman–Crippen MR) is 42.5 cm³/mol. The summed E-state index contributed by atoms with van der Waals surface area (Å²) in [5.74, 6) is 0. The second-order valence-corrected chi connectivity index (χ2v) is 3.62. The fourth-order valence-electron chi connectivity index (χ4n) is 2.35. The Balaban J connectivity index is 2.05. The monoisotopic (exact) mass is 138 g/mol. The molecule has 2 fully saturated rings. The summed E-state index contributed by atoms with van der Waals surface area (Å²) in [4.78, 5) is 2.53. The first kappa shape index (κ1) is 6.66. The Kier molecular flexibility index (Phi) is 1.69. The molecule has 0 spiro atoms. The molecule has 2 bridgehead atoms. The number of hydrogen-bond acceptors (Lipinski definition) is 1. The van der Waals surface area contributed by atoms with Gasteiger partial charge >= 0.3 is 0 Å². The van der Waals surface area contributed by atoms with Gasteiger partial charge in [-0.3, -0.25) is 4.90 Å². The van der Waals surface area contributed by atoms with E-state index in [-0.39, 0.29) is 0 Å². The molecule has 2 heterocycles. The molecule has 10 heavy (non-hydrogen) atoms. The van der Waals surface area contributed by atoms with Crippen molar-refractivity contribution in [2.45, 2.75) is 44.6 Å². The van der Waals surface area contributed by atoms with Gasteiger partial charge in [-0.05, 0) is 45.6 Å². The van der Waals surface area contributed by atoms with Crippen LogP contribution in [0.15, 0.2) is 0 Å². The average molecular weight is 138 g/mol. The molecule has 1 heteroatoms. The Morgan fingerprint density at radius 3 is 2.20 bits per heavy atom. The molecule has 0 atom stereocenters. The van der Waals surface area contributed by atoms with Crippen LogP contribution in [0, 0.1) is 6.04 Å². The summed E-state index contributed by atoms with van der Waals surface area (Å²) in [6.45, 7) is 0. The van der Waals surface area contributed by atoms with Gasteiger partial charge in [0.15, 0.2) is 0 Å². The zero-order chi connectivity index (χ0) is 6.97. The Labute approximate surface area is 63.4 Å². The van der Waals surface area contributed by atoms with E-state index in [0.29, 0.717) is 0 Å². The van der Waals surface area contributed by atoms with Gasteiger partial charge in [0.1, 0.15) is 0 Å². The third-order valence-electron chi connectivity index (χ3n) is 3.05. The zero-order valence-electron chi connectivity index (χ0n) is 6.77. The lowest BCUT2D eigenvalue weighted by molar-refractivity contribution is 0.135. The van der Waals surface area contributed by atoms with E-state index in [1.54, 1.807) is 6.04 Å². The van der Waals surface area contributed by atoms with E-state index in [9.17, 15) is 0 Å². The van der Waals surface area contributed by atoms with Gasteiger partial charge in [0.2, 0.25) is 0 Å². The van der Waals surface area contributed by atoms with Crippen molar-refractivity contribution in [3.05, 3.63) is 6.04 Å². The van der Waals surface area contributed by atoms with Crippen LogP contribution < -0.4 is 0 Å². The van der Waals surface area contributed by atoms with Crippen LogP contribution in [0.2, 0.25) is 0 Å². The first-order valence-electron chi connectivity index (χ1n) is 4.45. The summed E-state index contributed by atoms with van der Waals surface area (Å²) in [5.41, 5.74) is 0. The molecule has 1 nitrogen and oxygen atoms in total. The molecular formula is C9H16N. The minimum absolute atomic E-state index is 0.914. The van der Waals surface area contributed by atoms with E-state index in [0.717, 1.165) is 6.04 Å². The lowest BCUT2D eigenvalue weighted by Crippen LogP contribution is -2.41. The lowest BCUT2D eigenvalue weighted by Gasteiger charge is -2.43. The summed E-state index contributed by atoms with van der Waals surface area (Å²) < 4.78 is 0. The Bertz CT molecular complexity index is 99.9. The van der Waals surface area contributed by atoms with Gasteiger partial charge in [0, 0.05) is 12.1 Å². The summed E-state index contributed by atoms with van der Waals surface area (Å²) in [7, 11) is 2.28. The first-order chi connectivity index (χ1) is 4.88. The van der Waals surface area contributed by atoms with E-state index >= 15 is 0 Å². The Morgan fingerprint density at radius 2 is 1.80 bits per heavy atom. The van der Waals surface area contributed by atoms with Gasteiger partial charge in [0.25, 0.3) is 0 Å². The molecule has 0 unspecified atom stereocenters. The van der Waals surface area contributed by atoms with Crippen LogP contribution in [0.25, 0.3) is 0 Å². The van der Waals surface area contributed by atoms with Gasteiger partial charge in [-0.15, -0.1) is 0 Å². The molecule has 2 aliphatic heterocycles. The molecule has 0 saturated carbocycles. The maximum absolute atomic E-state index is 2.53. The topological polar surface area (TPSA) is 3.24 Å². The van der Waals surface area contributed by atoms with Gasteiger partial charge in [-0.2, -0.15) is 0 Å². The number of rotatable bonds is 0. The Morgan fingerprint density at radius 1 is 1.20 bits per heavy atom. The number of hydrogen-bond donors (Lipinski definition) is 0. The van der Waals surface area contributed by atoms with E-state index in [4.69, 9.17) is 0 Å². The van der Waals surface area contributed by atoms with Crippen molar-refractivity contribution in [1.82, 2.24) is 4.90 Å². The molecular weight excluding hydrogens is 122 g/mol. The normalized spacial score (nSPS) is 30.9. The van der Waals surface area contributed by atoms with Crippen molar-refractivity contribution in [3.8, 4) is 0 Å². The molecule has 2 saturated heterocycles. The van der Waals surface area contributed by atoms with E-state index in [1.807, 2.05) is 0 Å². The minimum Gasteiger partial charge on any atom is -0.296 e. The molecule has 0 aromatic rings. The summed E-state index contributed by atoms with van der Waals surface area (Å²) >= 11 is 0. The fraction of sp³-hybridized carbons (Fsp3) is 0.889. The maximum atomic E-state index is 2.53. The van der Waals surface area contributed by atoms with Crippen molar-refractivity contribution >= 4 is 0 Å². The number of piperidine rings is 2. The van der Waals surface area contributed by atoms with Gasteiger partial charge in [-0.25, -0.2) is 0 Å². The quantitative estimate of drug-likeness (QED) is 0.496. The molecule has 0 aliphatic carbocycles. The summed E-state index contributed by atoms with van der Waals surface area (Å²) in [6.07, 6.45) is 8.55. The lowest BCUT2D eigenvalue weighted by atomic mass is 9.85. The second kappa shape index (κ2) is 2.54. The largest absolute Gasteiger partial charge is 0.296 e.